The summed E-state index contributed by atoms with van der Waals surface area (Å²) in [5.41, 5.74) is 0.241. The molecule has 3 heteroatoms. The third kappa shape index (κ3) is 2.99. The van der Waals surface area contributed by atoms with Crippen LogP contribution in [0.2, 0.25) is 0 Å². The molecule has 2 nitrogen and oxygen atoms in total. The van der Waals surface area contributed by atoms with Crippen molar-refractivity contribution in [2.75, 3.05) is 18.1 Å². The summed E-state index contributed by atoms with van der Waals surface area (Å²) in [6, 6.07) is 1.44. The van der Waals surface area contributed by atoms with E-state index in [2.05, 4.69) is 24.0 Å². The molecule has 1 spiro atoms. The molecule has 2 unspecified atom stereocenters. The van der Waals surface area contributed by atoms with Gasteiger partial charge in [-0.3, -0.25) is 0 Å². The van der Waals surface area contributed by atoms with Crippen LogP contribution in [0, 0.1) is 5.92 Å². The molecule has 3 rings (SSSR count). The van der Waals surface area contributed by atoms with E-state index in [0.29, 0.717) is 6.04 Å². The van der Waals surface area contributed by atoms with Crippen molar-refractivity contribution in [2.45, 2.75) is 63.1 Å². The van der Waals surface area contributed by atoms with Crippen molar-refractivity contribution in [1.29, 1.82) is 0 Å². The smallest absolute Gasteiger partial charge is 0.0713 e. The Hall–Kier alpha value is 0.270. The Morgan fingerprint density at radius 3 is 2.71 bits per heavy atom. The van der Waals surface area contributed by atoms with Gasteiger partial charge in [-0.15, -0.1) is 0 Å². The van der Waals surface area contributed by atoms with Gasteiger partial charge in [0.05, 0.1) is 5.60 Å². The van der Waals surface area contributed by atoms with Crippen LogP contribution in [0.5, 0.6) is 0 Å². The Morgan fingerprint density at radius 2 is 2.00 bits per heavy atom. The van der Waals surface area contributed by atoms with Crippen LogP contribution < -0.4 is 5.32 Å². The number of thioether (sulfide) groups is 1. The van der Waals surface area contributed by atoms with E-state index in [-0.39, 0.29) is 5.60 Å². The van der Waals surface area contributed by atoms with Crippen LogP contribution in [0.25, 0.3) is 0 Å². The molecule has 1 N–H and O–H groups in total. The molecular weight excluding hydrogens is 230 g/mol. The molecule has 3 fully saturated rings. The highest BCUT2D eigenvalue weighted by Crippen LogP contribution is 2.38. The molecule has 0 aromatic heterocycles. The second kappa shape index (κ2) is 5.10. The molecule has 3 aliphatic rings. The highest BCUT2D eigenvalue weighted by molar-refractivity contribution is 7.99. The minimum atomic E-state index is 0.241. The number of ether oxygens (including phenoxy) is 1. The minimum absolute atomic E-state index is 0.241. The largest absolute Gasteiger partial charge is 0.375 e. The van der Waals surface area contributed by atoms with Crippen molar-refractivity contribution in [1.82, 2.24) is 5.32 Å². The lowest BCUT2D eigenvalue weighted by molar-refractivity contribution is -0.0942. The molecular formula is C14H25NOS. The quantitative estimate of drug-likeness (QED) is 0.838. The van der Waals surface area contributed by atoms with Crippen LogP contribution >= 0.6 is 11.8 Å². The van der Waals surface area contributed by atoms with Crippen molar-refractivity contribution in [3.8, 4) is 0 Å². The summed E-state index contributed by atoms with van der Waals surface area (Å²) in [7, 11) is 0. The molecule has 0 aromatic carbocycles. The van der Waals surface area contributed by atoms with Crippen molar-refractivity contribution in [3.05, 3.63) is 0 Å². The minimum Gasteiger partial charge on any atom is -0.375 e. The van der Waals surface area contributed by atoms with Crippen molar-refractivity contribution in [3.63, 3.8) is 0 Å². The molecule has 98 valence electrons. The van der Waals surface area contributed by atoms with Gasteiger partial charge in [0.25, 0.3) is 0 Å². The monoisotopic (exact) mass is 255 g/mol. The topological polar surface area (TPSA) is 21.3 Å². The van der Waals surface area contributed by atoms with Gasteiger partial charge in [-0.1, -0.05) is 0 Å². The molecule has 17 heavy (non-hydrogen) atoms. The number of hydrogen-bond donors (Lipinski definition) is 1. The highest BCUT2D eigenvalue weighted by Gasteiger charge is 2.39. The fourth-order valence-corrected chi connectivity index (χ4v) is 4.60. The summed E-state index contributed by atoms with van der Waals surface area (Å²) in [5.74, 6) is 3.56. The summed E-state index contributed by atoms with van der Waals surface area (Å²) in [6.07, 6.45) is 7.90. The van der Waals surface area contributed by atoms with Gasteiger partial charge in [-0.2, -0.15) is 11.8 Å². The van der Waals surface area contributed by atoms with Crippen LogP contribution in [0.3, 0.4) is 0 Å². The summed E-state index contributed by atoms with van der Waals surface area (Å²) < 4.78 is 6.14. The zero-order valence-electron chi connectivity index (χ0n) is 10.9. The molecule has 2 atom stereocenters. The van der Waals surface area contributed by atoms with Gasteiger partial charge in [-0.05, 0) is 62.9 Å². The van der Waals surface area contributed by atoms with Crippen molar-refractivity contribution >= 4 is 11.8 Å². The first-order valence-electron chi connectivity index (χ1n) is 7.25. The second-order valence-corrected chi connectivity index (χ2v) is 7.35. The third-order valence-electron chi connectivity index (χ3n) is 4.72. The SMILES string of the molecule is CC(NC1CCOC2(CCSCC2)C1)C1CC1. The Bertz CT molecular complexity index is 255. The Kier molecular flexibility index (Phi) is 3.69. The van der Waals surface area contributed by atoms with Crippen molar-refractivity contribution in [2.24, 2.45) is 5.92 Å². The van der Waals surface area contributed by atoms with E-state index in [9.17, 15) is 0 Å². The first-order valence-corrected chi connectivity index (χ1v) is 8.41. The lowest BCUT2D eigenvalue weighted by Gasteiger charge is -2.44. The van der Waals surface area contributed by atoms with E-state index in [1.807, 2.05) is 0 Å². The van der Waals surface area contributed by atoms with Crippen LogP contribution in [-0.4, -0.2) is 35.8 Å². The molecule has 0 bridgehead atoms. The Labute approximate surface area is 109 Å². The summed E-state index contributed by atoms with van der Waals surface area (Å²) in [5, 5.41) is 3.87. The molecule has 0 amide bonds. The number of rotatable bonds is 3. The van der Waals surface area contributed by atoms with Gasteiger partial charge in [-0.25, -0.2) is 0 Å². The summed E-state index contributed by atoms with van der Waals surface area (Å²) in [4.78, 5) is 0. The van der Waals surface area contributed by atoms with E-state index in [4.69, 9.17) is 4.74 Å². The molecule has 2 saturated heterocycles. The van der Waals surface area contributed by atoms with E-state index in [1.165, 1.54) is 50.0 Å². The molecule has 1 saturated carbocycles. The predicted octanol–water partition coefficient (Wildman–Crippen LogP) is 2.82. The van der Waals surface area contributed by atoms with Gasteiger partial charge in [0, 0.05) is 18.7 Å². The first-order chi connectivity index (χ1) is 8.27. The Balaban J connectivity index is 1.54. The van der Waals surface area contributed by atoms with E-state index < -0.39 is 0 Å². The molecule has 2 heterocycles. The van der Waals surface area contributed by atoms with Crippen LogP contribution in [-0.2, 0) is 4.74 Å². The fraction of sp³-hybridized carbons (Fsp3) is 1.00. The van der Waals surface area contributed by atoms with E-state index in [0.717, 1.165) is 18.6 Å². The average molecular weight is 255 g/mol. The van der Waals surface area contributed by atoms with Gasteiger partial charge in [0.2, 0.25) is 0 Å². The van der Waals surface area contributed by atoms with Crippen LogP contribution in [0.15, 0.2) is 0 Å². The molecule has 0 aromatic rings. The maximum Gasteiger partial charge on any atom is 0.0713 e. The number of nitrogens with one attached hydrogen (secondary N) is 1. The average Bonchev–Trinajstić information content (AvgIpc) is 3.14. The molecule has 0 radical (unpaired) electrons. The zero-order chi connectivity index (χ0) is 11.7. The number of hydrogen-bond acceptors (Lipinski definition) is 3. The predicted molar refractivity (Wildman–Crippen MR) is 73.6 cm³/mol. The lowest BCUT2D eigenvalue weighted by Crippen LogP contribution is -2.51. The summed E-state index contributed by atoms with van der Waals surface area (Å²) >= 11 is 2.09. The zero-order valence-corrected chi connectivity index (χ0v) is 11.7. The van der Waals surface area contributed by atoms with Gasteiger partial charge >= 0.3 is 0 Å². The van der Waals surface area contributed by atoms with Gasteiger partial charge in [0.1, 0.15) is 0 Å². The third-order valence-corrected chi connectivity index (χ3v) is 5.71. The fourth-order valence-electron chi connectivity index (χ4n) is 3.37. The maximum absolute atomic E-state index is 6.14. The van der Waals surface area contributed by atoms with E-state index in [1.54, 1.807) is 0 Å². The first kappa shape index (κ1) is 12.3. The Morgan fingerprint density at radius 1 is 1.24 bits per heavy atom. The second-order valence-electron chi connectivity index (χ2n) is 6.13. The lowest BCUT2D eigenvalue weighted by atomic mass is 9.85. The highest BCUT2D eigenvalue weighted by atomic mass is 32.2. The molecule has 2 aliphatic heterocycles. The van der Waals surface area contributed by atoms with Crippen LogP contribution in [0.4, 0.5) is 0 Å². The van der Waals surface area contributed by atoms with Gasteiger partial charge in [0.15, 0.2) is 0 Å². The van der Waals surface area contributed by atoms with Crippen LogP contribution in [0.1, 0.15) is 45.4 Å². The maximum atomic E-state index is 6.14. The van der Waals surface area contributed by atoms with E-state index >= 15 is 0 Å². The van der Waals surface area contributed by atoms with Gasteiger partial charge < -0.3 is 10.1 Å². The summed E-state index contributed by atoms with van der Waals surface area (Å²) in [6.45, 7) is 3.34. The standard InChI is InChI=1S/C14H25NOS/c1-11(12-2-3-12)15-13-4-7-16-14(10-13)5-8-17-9-6-14/h11-13,15H,2-10H2,1H3. The van der Waals surface area contributed by atoms with Crippen molar-refractivity contribution < 1.29 is 4.74 Å². The molecule has 1 aliphatic carbocycles. The normalized spacial score (nSPS) is 34.8.